The molecule has 2 amide bonds. The average molecular weight is 519 g/mol. The number of carbonyl (C=O) groups excluding carboxylic acids is 2. The number of hydrogen-bond donors (Lipinski definition) is 2. The Morgan fingerprint density at radius 3 is 1.92 bits per heavy atom. The summed E-state index contributed by atoms with van der Waals surface area (Å²) in [6.45, 7) is 6.67. The van der Waals surface area contributed by atoms with Crippen LogP contribution in [-0.2, 0) is 6.42 Å². The zero-order valence-electron chi connectivity index (χ0n) is 23.1. The first-order chi connectivity index (χ1) is 18.9. The first-order valence-electron chi connectivity index (χ1n) is 13.9. The molecular formula is C35H38N2O2. The first-order valence-corrected chi connectivity index (χ1v) is 13.9. The molecule has 200 valence electrons. The summed E-state index contributed by atoms with van der Waals surface area (Å²) in [6.07, 6.45) is 4.25. The van der Waals surface area contributed by atoms with Gasteiger partial charge in [0.1, 0.15) is 0 Å². The first kappa shape index (κ1) is 27.8. The monoisotopic (exact) mass is 518 g/mol. The zero-order chi connectivity index (χ0) is 27.6. The van der Waals surface area contributed by atoms with Crippen LogP contribution >= 0.6 is 0 Å². The number of nitrogens with one attached hydrogen (secondary N) is 2. The molecule has 0 saturated carbocycles. The molecule has 0 aliphatic heterocycles. The summed E-state index contributed by atoms with van der Waals surface area (Å²) in [6, 6.07) is 33.1. The Balaban J connectivity index is 1.35. The summed E-state index contributed by atoms with van der Waals surface area (Å²) in [4.78, 5) is 25.2. The second-order valence-corrected chi connectivity index (χ2v) is 10.3. The minimum Gasteiger partial charge on any atom is -0.322 e. The van der Waals surface area contributed by atoms with Crippen molar-refractivity contribution >= 4 is 23.2 Å². The van der Waals surface area contributed by atoms with Crippen LogP contribution in [0.4, 0.5) is 11.4 Å². The lowest BCUT2D eigenvalue weighted by Crippen LogP contribution is -2.13. The van der Waals surface area contributed by atoms with Crippen molar-refractivity contribution in [3.05, 3.63) is 131 Å². The molecule has 0 fully saturated rings. The molecule has 2 N–H and O–H groups in total. The Morgan fingerprint density at radius 1 is 0.718 bits per heavy atom. The zero-order valence-corrected chi connectivity index (χ0v) is 23.1. The van der Waals surface area contributed by atoms with Gasteiger partial charge < -0.3 is 10.6 Å². The Morgan fingerprint density at radius 2 is 1.31 bits per heavy atom. The van der Waals surface area contributed by atoms with E-state index < -0.39 is 0 Å². The summed E-state index contributed by atoms with van der Waals surface area (Å²) >= 11 is 0. The Bertz CT molecular complexity index is 1370. The van der Waals surface area contributed by atoms with Crippen molar-refractivity contribution in [3.63, 3.8) is 0 Å². The highest BCUT2D eigenvalue weighted by Gasteiger charge is 2.19. The molecule has 4 heteroatoms. The fourth-order valence-electron chi connectivity index (χ4n) is 5.03. The van der Waals surface area contributed by atoms with Gasteiger partial charge in [0.15, 0.2) is 0 Å². The van der Waals surface area contributed by atoms with Gasteiger partial charge in [-0.2, -0.15) is 0 Å². The van der Waals surface area contributed by atoms with Gasteiger partial charge >= 0.3 is 0 Å². The van der Waals surface area contributed by atoms with Gasteiger partial charge in [0.25, 0.3) is 11.8 Å². The molecule has 0 aliphatic rings. The van der Waals surface area contributed by atoms with E-state index >= 15 is 0 Å². The third-order valence-electron chi connectivity index (χ3n) is 7.56. The molecular weight excluding hydrogens is 480 g/mol. The average Bonchev–Trinajstić information content (AvgIpc) is 2.97. The molecule has 4 rings (SSSR count). The topological polar surface area (TPSA) is 58.2 Å². The molecule has 39 heavy (non-hydrogen) atoms. The molecule has 2 atom stereocenters. The normalized spacial score (nSPS) is 12.4. The minimum absolute atomic E-state index is 0.0910. The third kappa shape index (κ3) is 7.67. The van der Waals surface area contributed by atoms with Crippen LogP contribution in [0.25, 0.3) is 0 Å². The summed E-state index contributed by atoms with van der Waals surface area (Å²) in [5.41, 5.74) is 6.72. The maximum absolute atomic E-state index is 12.7. The van der Waals surface area contributed by atoms with Crippen LogP contribution in [0.3, 0.4) is 0 Å². The van der Waals surface area contributed by atoms with E-state index in [-0.39, 0.29) is 11.8 Å². The molecule has 0 heterocycles. The molecule has 0 radical (unpaired) electrons. The van der Waals surface area contributed by atoms with Crippen molar-refractivity contribution < 1.29 is 9.59 Å². The minimum atomic E-state index is -0.0947. The van der Waals surface area contributed by atoms with Gasteiger partial charge in [0, 0.05) is 22.5 Å². The summed E-state index contributed by atoms with van der Waals surface area (Å²) in [5, 5.41) is 5.96. The third-order valence-corrected chi connectivity index (χ3v) is 7.56. The molecule has 0 aromatic heterocycles. The van der Waals surface area contributed by atoms with Crippen molar-refractivity contribution in [1.82, 2.24) is 0 Å². The largest absolute Gasteiger partial charge is 0.322 e. The van der Waals surface area contributed by atoms with Crippen LogP contribution in [0, 0.1) is 12.8 Å². The smallest absolute Gasteiger partial charge is 0.255 e. The van der Waals surface area contributed by atoms with E-state index in [1.54, 1.807) is 0 Å². The fourth-order valence-corrected chi connectivity index (χ4v) is 5.03. The van der Waals surface area contributed by atoms with Gasteiger partial charge in [-0.3, -0.25) is 9.59 Å². The Labute approximate surface area is 232 Å². The number of anilines is 2. The van der Waals surface area contributed by atoms with Crippen molar-refractivity contribution in [2.75, 3.05) is 10.6 Å². The lowest BCUT2D eigenvalue weighted by molar-refractivity contribution is 0.101. The van der Waals surface area contributed by atoms with Crippen molar-refractivity contribution in [3.8, 4) is 0 Å². The lowest BCUT2D eigenvalue weighted by atomic mass is 9.81. The molecule has 0 aliphatic carbocycles. The van der Waals surface area contributed by atoms with Crippen molar-refractivity contribution in [2.45, 2.75) is 52.4 Å². The van der Waals surface area contributed by atoms with E-state index in [2.05, 4.69) is 55.7 Å². The number of benzene rings is 4. The van der Waals surface area contributed by atoms with Crippen molar-refractivity contribution in [2.24, 2.45) is 5.92 Å². The van der Waals surface area contributed by atoms with E-state index in [9.17, 15) is 9.59 Å². The van der Waals surface area contributed by atoms with Gasteiger partial charge in [-0.1, -0.05) is 74.9 Å². The van der Waals surface area contributed by atoms with E-state index in [4.69, 9.17) is 0 Å². The fraction of sp³-hybridized carbons (Fsp3) is 0.257. The number of para-hydroxylation sites is 1. The highest BCUT2D eigenvalue weighted by atomic mass is 16.2. The van der Waals surface area contributed by atoms with Crippen LogP contribution in [0.2, 0.25) is 0 Å². The molecule has 4 nitrogen and oxygen atoms in total. The predicted octanol–water partition coefficient (Wildman–Crippen LogP) is 8.65. The van der Waals surface area contributed by atoms with Crippen LogP contribution in [0.5, 0.6) is 0 Å². The maximum Gasteiger partial charge on any atom is 0.255 e. The summed E-state index contributed by atoms with van der Waals surface area (Å²) in [7, 11) is 0. The SMILES string of the molecule is CCC(C)C(CCCc1ccc(NC(=O)c2ccccc2)cc1C)c1ccc(C(=O)Nc2ccccc2)cc1. The molecule has 0 bridgehead atoms. The van der Waals surface area contributed by atoms with Crippen LogP contribution < -0.4 is 10.6 Å². The molecule has 4 aromatic carbocycles. The van der Waals surface area contributed by atoms with Crippen LogP contribution in [-0.4, -0.2) is 11.8 Å². The standard InChI is InChI=1S/C35H38N2O2/c1-4-25(2)33(28-18-20-30(21-19-28)35(39)36-31-15-9-6-10-16-31)17-11-14-27-22-23-32(24-26(27)3)37-34(38)29-12-7-5-8-13-29/h5-10,12-13,15-16,18-25,33H,4,11,14,17H2,1-3H3,(H,36,39)(H,37,38). The summed E-state index contributed by atoms with van der Waals surface area (Å²) in [5.74, 6) is 0.797. The predicted molar refractivity (Wildman–Crippen MR) is 162 cm³/mol. The second kappa shape index (κ2) is 13.6. The highest BCUT2D eigenvalue weighted by molar-refractivity contribution is 6.04. The molecule has 2 unspecified atom stereocenters. The number of amides is 2. The van der Waals surface area contributed by atoms with Gasteiger partial charge in [0.05, 0.1) is 0 Å². The maximum atomic E-state index is 12.7. The number of hydrogen-bond acceptors (Lipinski definition) is 2. The van der Waals surface area contributed by atoms with Gasteiger partial charge in [0.2, 0.25) is 0 Å². The van der Waals surface area contributed by atoms with Gasteiger partial charge in [-0.05, 0) is 103 Å². The van der Waals surface area contributed by atoms with E-state index in [0.717, 1.165) is 37.1 Å². The Kier molecular flexibility index (Phi) is 9.69. The second-order valence-electron chi connectivity index (χ2n) is 10.3. The quantitative estimate of drug-likeness (QED) is 0.209. The van der Waals surface area contributed by atoms with Gasteiger partial charge in [-0.15, -0.1) is 0 Å². The number of aryl methyl sites for hydroxylation is 2. The molecule has 0 spiro atoms. The highest BCUT2D eigenvalue weighted by Crippen LogP contribution is 2.32. The molecule has 0 saturated heterocycles. The van der Waals surface area contributed by atoms with Gasteiger partial charge in [-0.25, -0.2) is 0 Å². The van der Waals surface area contributed by atoms with E-state index in [0.29, 0.717) is 23.0 Å². The van der Waals surface area contributed by atoms with E-state index in [1.807, 2.05) is 78.9 Å². The van der Waals surface area contributed by atoms with Crippen molar-refractivity contribution in [1.29, 1.82) is 0 Å². The molecule has 4 aromatic rings. The summed E-state index contributed by atoms with van der Waals surface area (Å²) < 4.78 is 0. The Hall–Kier alpha value is -4.18. The lowest BCUT2D eigenvalue weighted by Gasteiger charge is -2.24. The van der Waals surface area contributed by atoms with Crippen LogP contribution in [0.15, 0.2) is 103 Å². The number of carbonyl (C=O) groups is 2. The van der Waals surface area contributed by atoms with E-state index in [1.165, 1.54) is 16.7 Å². The van der Waals surface area contributed by atoms with Crippen LogP contribution in [0.1, 0.15) is 76.4 Å². The number of rotatable bonds is 11.